The van der Waals surface area contributed by atoms with E-state index in [1.165, 1.54) is 0 Å². The minimum atomic E-state index is 0.0159. The number of nitrogens with one attached hydrogen (secondary N) is 1. The monoisotopic (exact) mass is 222 g/mol. The molecule has 90 valence electrons. The van der Waals surface area contributed by atoms with Gasteiger partial charge in [-0.05, 0) is 40.2 Å². The quantitative estimate of drug-likeness (QED) is 0.847. The molecule has 1 rings (SSSR count). The molecular formula is C13H22N2O. The minimum Gasteiger partial charge on any atom is -0.475 e. The molecule has 16 heavy (non-hydrogen) atoms. The van der Waals surface area contributed by atoms with E-state index in [1.807, 2.05) is 25.1 Å². The Bertz CT molecular complexity index is 331. The zero-order valence-corrected chi connectivity index (χ0v) is 10.9. The Morgan fingerprint density at radius 3 is 2.62 bits per heavy atom. The summed E-state index contributed by atoms with van der Waals surface area (Å²) in [5, 5.41) is 3.32. The van der Waals surface area contributed by atoms with Crippen molar-refractivity contribution >= 4 is 5.82 Å². The molecule has 1 heterocycles. The summed E-state index contributed by atoms with van der Waals surface area (Å²) >= 11 is 0. The smallest absolute Gasteiger partial charge is 0.215 e. The van der Waals surface area contributed by atoms with Gasteiger partial charge in [0.1, 0.15) is 5.82 Å². The van der Waals surface area contributed by atoms with Crippen molar-refractivity contribution in [1.82, 2.24) is 4.98 Å². The van der Waals surface area contributed by atoms with Crippen molar-refractivity contribution in [3.63, 3.8) is 0 Å². The third kappa shape index (κ3) is 4.51. The van der Waals surface area contributed by atoms with Gasteiger partial charge in [-0.15, -0.1) is 0 Å². The first-order valence-corrected chi connectivity index (χ1v) is 5.82. The summed E-state index contributed by atoms with van der Waals surface area (Å²) in [7, 11) is 0. The highest BCUT2D eigenvalue weighted by Gasteiger charge is 2.10. The van der Waals surface area contributed by atoms with Gasteiger partial charge in [-0.25, -0.2) is 0 Å². The summed E-state index contributed by atoms with van der Waals surface area (Å²) in [5.74, 6) is 1.54. The van der Waals surface area contributed by atoms with Gasteiger partial charge < -0.3 is 10.1 Å². The molecule has 1 aromatic heterocycles. The van der Waals surface area contributed by atoms with Crippen LogP contribution in [-0.4, -0.2) is 16.6 Å². The van der Waals surface area contributed by atoms with Crippen LogP contribution in [0.25, 0.3) is 0 Å². The van der Waals surface area contributed by atoms with Crippen molar-refractivity contribution in [3.05, 3.63) is 18.2 Å². The summed E-state index contributed by atoms with van der Waals surface area (Å²) in [6.45, 7) is 10.5. The van der Waals surface area contributed by atoms with Gasteiger partial charge in [0.05, 0.1) is 6.10 Å². The van der Waals surface area contributed by atoms with E-state index in [0.717, 1.165) is 12.2 Å². The summed E-state index contributed by atoms with van der Waals surface area (Å²) < 4.78 is 5.67. The van der Waals surface area contributed by atoms with Crippen LogP contribution >= 0.6 is 0 Å². The molecule has 1 aromatic rings. The molecule has 1 N–H and O–H groups in total. The van der Waals surface area contributed by atoms with Gasteiger partial charge in [0.25, 0.3) is 0 Å². The second-order valence-electron chi connectivity index (χ2n) is 5.07. The van der Waals surface area contributed by atoms with E-state index in [4.69, 9.17) is 4.74 Å². The molecule has 1 atom stereocenters. The fourth-order valence-corrected chi connectivity index (χ4v) is 1.22. The number of pyridine rings is 1. The molecular weight excluding hydrogens is 200 g/mol. The van der Waals surface area contributed by atoms with Crippen LogP contribution in [0.2, 0.25) is 0 Å². The van der Waals surface area contributed by atoms with Gasteiger partial charge in [-0.1, -0.05) is 13.0 Å². The largest absolute Gasteiger partial charge is 0.475 e. The Morgan fingerprint density at radius 2 is 2.06 bits per heavy atom. The Labute approximate surface area is 98.2 Å². The fraction of sp³-hybridized carbons (Fsp3) is 0.615. The minimum absolute atomic E-state index is 0.0159. The predicted octanol–water partition coefficient (Wildman–Crippen LogP) is 3.47. The first-order valence-electron chi connectivity index (χ1n) is 5.82. The highest BCUT2D eigenvalue weighted by atomic mass is 16.5. The number of hydrogen-bond acceptors (Lipinski definition) is 3. The van der Waals surface area contributed by atoms with Crippen molar-refractivity contribution in [3.8, 4) is 5.88 Å². The molecule has 0 saturated heterocycles. The van der Waals surface area contributed by atoms with E-state index < -0.39 is 0 Å². The molecule has 0 fully saturated rings. The van der Waals surface area contributed by atoms with E-state index in [9.17, 15) is 0 Å². The van der Waals surface area contributed by atoms with Gasteiger partial charge in [0, 0.05) is 11.6 Å². The van der Waals surface area contributed by atoms with Gasteiger partial charge in [0.2, 0.25) is 5.88 Å². The molecule has 1 unspecified atom stereocenters. The number of anilines is 1. The maximum Gasteiger partial charge on any atom is 0.215 e. The van der Waals surface area contributed by atoms with Crippen LogP contribution in [-0.2, 0) is 0 Å². The Morgan fingerprint density at radius 1 is 1.38 bits per heavy atom. The molecule has 0 radical (unpaired) electrons. The molecule has 0 aliphatic heterocycles. The first-order chi connectivity index (χ1) is 7.40. The normalized spacial score (nSPS) is 13.3. The van der Waals surface area contributed by atoms with Crippen molar-refractivity contribution < 1.29 is 4.74 Å². The zero-order valence-electron chi connectivity index (χ0n) is 10.9. The number of hydrogen-bond donors (Lipinski definition) is 1. The van der Waals surface area contributed by atoms with Gasteiger partial charge in [-0.3, -0.25) is 0 Å². The standard InChI is InChI=1S/C13H22N2O/c1-6-10(2)16-12-9-7-8-11(14-12)15-13(3,4)5/h7-10H,6H2,1-5H3,(H,14,15). The molecule has 3 heteroatoms. The van der Waals surface area contributed by atoms with E-state index in [-0.39, 0.29) is 11.6 Å². The average Bonchev–Trinajstić information content (AvgIpc) is 2.15. The topological polar surface area (TPSA) is 34.1 Å². The van der Waals surface area contributed by atoms with Gasteiger partial charge in [0.15, 0.2) is 0 Å². The molecule has 0 aromatic carbocycles. The molecule has 0 amide bonds. The van der Waals surface area contributed by atoms with Crippen molar-refractivity contribution in [2.45, 2.75) is 52.7 Å². The number of nitrogens with zero attached hydrogens (tertiary/aromatic N) is 1. The van der Waals surface area contributed by atoms with Crippen LogP contribution in [0.4, 0.5) is 5.82 Å². The molecule has 0 aliphatic carbocycles. The van der Waals surface area contributed by atoms with E-state index in [0.29, 0.717) is 5.88 Å². The van der Waals surface area contributed by atoms with Crippen LogP contribution in [0.15, 0.2) is 18.2 Å². The van der Waals surface area contributed by atoms with Crippen LogP contribution in [0.3, 0.4) is 0 Å². The summed E-state index contributed by atoms with van der Waals surface area (Å²) in [6.07, 6.45) is 1.19. The van der Waals surface area contributed by atoms with E-state index in [2.05, 4.69) is 38.0 Å². The van der Waals surface area contributed by atoms with Gasteiger partial charge in [-0.2, -0.15) is 4.98 Å². The lowest BCUT2D eigenvalue weighted by Gasteiger charge is -2.21. The molecule has 0 aliphatic rings. The average molecular weight is 222 g/mol. The third-order valence-corrected chi connectivity index (χ3v) is 2.12. The van der Waals surface area contributed by atoms with Crippen molar-refractivity contribution in [2.24, 2.45) is 0 Å². The van der Waals surface area contributed by atoms with Gasteiger partial charge >= 0.3 is 0 Å². The van der Waals surface area contributed by atoms with Crippen molar-refractivity contribution in [2.75, 3.05) is 5.32 Å². The highest BCUT2D eigenvalue weighted by molar-refractivity contribution is 5.39. The van der Waals surface area contributed by atoms with Crippen LogP contribution in [0.5, 0.6) is 5.88 Å². The predicted molar refractivity (Wildman–Crippen MR) is 68.0 cm³/mol. The zero-order chi connectivity index (χ0) is 12.2. The fourth-order valence-electron chi connectivity index (χ4n) is 1.22. The number of ether oxygens (including phenoxy) is 1. The lowest BCUT2D eigenvalue weighted by Crippen LogP contribution is -2.26. The highest BCUT2D eigenvalue weighted by Crippen LogP contribution is 2.17. The Hall–Kier alpha value is -1.25. The molecule has 0 saturated carbocycles. The first kappa shape index (κ1) is 12.8. The maximum absolute atomic E-state index is 5.67. The second kappa shape index (κ2) is 5.19. The van der Waals surface area contributed by atoms with Crippen LogP contribution in [0.1, 0.15) is 41.0 Å². The summed E-state index contributed by atoms with van der Waals surface area (Å²) in [5.41, 5.74) is 0.0159. The number of aromatic nitrogens is 1. The summed E-state index contributed by atoms with van der Waals surface area (Å²) in [4.78, 5) is 4.41. The molecule has 3 nitrogen and oxygen atoms in total. The number of rotatable bonds is 4. The van der Waals surface area contributed by atoms with Crippen LogP contribution < -0.4 is 10.1 Å². The summed E-state index contributed by atoms with van der Waals surface area (Å²) in [6, 6.07) is 5.80. The third-order valence-electron chi connectivity index (χ3n) is 2.12. The lowest BCUT2D eigenvalue weighted by atomic mass is 10.1. The second-order valence-corrected chi connectivity index (χ2v) is 5.07. The SMILES string of the molecule is CCC(C)Oc1cccc(NC(C)(C)C)n1. The molecule has 0 bridgehead atoms. The lowest BCUT2D eigenvalue weighted by molar-refractivity contribution is 0.209. The van der Waals surface area contributed by atoms with Crippen molar-refractivity contribution in [1.29, 1.82) is 0 Å². The Kier molecular flexibility index (Phi) is 4.16. The Balaban J connectivity index is 2.71. The van der Waals surface area contributed by atoms with E-state index >= 15 is 0 Å². The maximum atomic E-state index is 5.67. The van der Waals surface area contributed by atoms with E-state index in [1.54, 1.807) is 0 Å². The van der Waals surface area contributed by atoms with Crippen LogP contribution in [0, 0.1) is 0 Å². The molecule has 0 spiro atoms.